The van der Waals surface area contributed by atoms with Gasteiger partial charge in [-0.3, -0.25) is 0 Å². The van der Waals surface area contributed by atoms with Crippen LogP contribution < -0.4 is 0 Å². The largest absolute Gasteiger partial charge is 0.505 e. The maximum Gasteiger partial charge on any atom is 0.377 e. The Morgan fingerprint density at radius 3 is 2.42 bits per heavy atom. The topological polar surface area (TPSA) is 107 Å². The molecule has 68 valence electrons. The lowest BCUT2D eigenvalue weighted by Gasteiger charge is -2.13. The van der Waals surface area contributed by atoms with Crippen molar-refractivity contribution in [2.45, 2.75) is 12.2 Å². The van der Waals surface area contributed by atoms with Crippen molar-refractivity contribution in [3.63, 3.8) is 0 Å². The lowest BCUT2D eigenvalue weighted by Crippen LogP contribution is -2.31. The zero-order chi connectivity index (χ0) is 9.30. The van der Waals surface area contributed by atoms with Gasteiger partial charge in [-0.05, 0) is 0 Å². The van der Waals surface area contributed by atoms with Crippen LogP contribution in [0.4, 0.5) is 0 Å². The van der Waals surface area contributed by atoms with Crippen molar-refractivity contribution < 1.29 is 30.0 Å². The standard InChI is InChI=1S/C6H8O6/c7-1-2(8)5-3(9)4(10)6(11)12-5/h2,5,7-10H,1H2/t2?,5-/m1/s1/i1+1,2+1,3+1,4+1,5+1,6+1. The molecule has 0 aromatic rings. The lowest BCUT2D eigenvalue weighted by atomic mass is 11.1. The van der Waals surface area contributed by atoms with Crippen molar-refractivity contribution in [3.8, 4) is 0 Å². The second-order valence-corrected chi connectivity index (χ2v) is 2.31. The second-order valence-electron chi connectivity index (χ2n) is 2.31. The molecule has 0 saturated carbocycles. The van der Waals surface area contributed by atoms with Crippen LogP contribution >= 0.6 is 0 Å². The van der Waals surface area contributed by atoms with E-state index in [-0.39, 0.29) is 0 Å². The predicted molar refractivity (Wildman–Crippen MR) is 35.3 cm³/mol. The van der Waals surface area contributed by atoms with Crippen LogP contribution in [0.25, 0.3) is 0 Å². The molecule has 0 radical (unpaired) electrons. The van der Waals surface area contributed by atoms with Gasteiger partial charge in [0.05, 0.1) is 6.61 Å². The van der Waals surface area contributed by atoms with E-state index in [9.17, 15) is 4.79 Å². The van der Waals surface area contributed by atoms with Crippen LogP contribution in [0.2, 0.25) is 0 Å². The molecule has 6 heteroatoms. The number of carbonyl (C=O) groups is 1. The molecule has 0 aromatic carbocycles. The first-order valence-electron chi connectivity index (χ1n) is 3.20. The van der Waals surface area contributed by atoms with Crippen LogP contribution in [0, 0.1) is 0 Å². The molecule has 0 spiro atoms. The molecular weight excluding hydrogens is 174 g/mol. The summed E-state index contributed by atoms with van der Waals surface area (Å²) < 4.78 is 4.32. The number of hydrogen-bond acceptors (Lipinski definition) is 6. The van der Waals surface area contributed by atoms with Crippen LogP contribution in [0.15, 0.2) is 11.5 Å². The first kappa shape index (κ1) is 8.82. The van der Waals surface area contributed by atoms with Gasteiger partial charge in [-0.2, -0.15) is 0 Å². The number of aliphatic hydroxyl groups excluding tert-OH is 4. The summed E-state index contributed by atoms with van der Waals surface area (Å²) in [4.78, 5) is 10.5. The van der Waals surface area contributed by atoms with Gasteiger partial charge in [-0.1, -0.05) is 0 Å². The molecule has 1 aliphatic rings. The molecule has 6 nitrogen and oxygen atoms in total. The Bertz CT molecular complexity index is 232. The van der Waals surface area contributed by atoms with E-state index in [0.29, 0.717) is 0 Å². The summed E-state index contributed by atoms with van der Waals surface area (Å²) in [5.74, 6) is -2.78. The Morgan fingerprint density at radius 1 is 1.50 bits per heavy atom. The Hall–Kier alpha value is -1.27. The molecule has 0 fully saturated rings. The summed E-state index contributed by atoms with van der Waals surface area (Å²) in [6.45, 7) is -0.671. The van der Waals surface area contributed by atoms with Gasteiger partial charge in [0.2, 0.25) is 5.76 Å². The van der Waals surface area contributed by atoms with E-state index in [4.69, 9.17) is 20.4 Å². The highest BCUT2D eigenvalue weighted by atomic mass is 16.8. The van der Waals surface area contributed by atoms with Crippen LogP contribution in [0.5, 0.6) is 0 Å². The highest BCUT2D eigenvalue weighted by Crippen LogP contribution is 2.20. The molecule has 0 aliphatic carbocycles. The van der Waals surface area contributed by atoms with Gasteiger partial charge < -0.3 is 25.2 Å². The van der Waals surface area contributed by atoms with E-state index in [2.05, 4.69) is 4.74 Å². The van der Waals surface area contributed by atoms with E-state index in [1.807, 2.05) is 0 Å². The van der Waals surface area contributed by atoms with Gasteiger partial charge in [0, 0.05) is 0 Å². The molecule has 4 N–H and O–H groups in total. The van der Waals surface area contributed by atoms with Gasteiger partial charge in [0.1, 0.15) is 6.10 Å². The van der Waals surface area contributed by atoms with Gasteiger partial charge in [-0.25, -0.2) is 4.79 Å². The molecule has 0 saturated heterocycles. The van der Waals surface area contributed by atoms with Gasteiger partial charge >= 0.3 is 5.97 Å². The summed E-state index contributed by atoms with van der Waals surface area (Å²) in [6.07, 6.45) is -2.78. The maximum absolute atomic E-state index is 10.5. The molecule has 0 bridgehead atoms. The number of ether oxygens (including phenoxy) is 1. The molecule has 0 aromatic heterocycles. The number of aliphatic hydroxyl groups is 4. The second kappa shape index (κ2) is 3.00. The highest BCUT2D eigenvalue weighted by Gasteiger charge is 2.38. The Kier molecular flexibility index (Phi) is 2.20. The lowest BCUT2D eigenvalue weighted by molar-refractivity contribution is -0.147. The van der Waals surface area contributed by atoms with E-state index >= 15 is 0 Å². The summed E-state index contributed by atoms with van der Waals surface area (Å²) in [6, 6.07) is 0. The Balaban J connectivity index is 2.80. The number of cyclic esters (lactones) is 1. The van der Waals surface area contributed by atoms with Gasteiger partial charge in [0.15, 0.2) is 11.9 Å². The van der Waals surface area contributed by atoms with Crippen LogP contribution in [-0.4, -0.2) is 45.2 Å². The first-order chi connectivity index (χ1) is 5.57. The van der Waals surface area contributed by atoms with Crippen molar-refractivity contribution in [2.24, 2.45) is 0 Å². The van der Waals surface area contributed by atoms with Crippen LogP contribution in [0.3, 0.4) is 0 Å². The van der Waals surface area contributed by atoms with E-state index in [0.717, 1.165) is 0 Å². The molecule has 1 aliphatic heterocycles. The predicted octanol–water partition coefficient (Wildman–Crippen LogP) is -1.41. The SMILES string of the molecule is O=[13C]1O[13C@H]([13CH](O)[13CH2]O)[13C](O)=[13C]1O. The first-order valence-corrected chi connectivity index (χ1v) is 3.20. The normalized spacial score (nSPS) is 25.8. The smallest absolute Gasteiger partial charge is 0.377 e. The summed E-state index contributed by atoms with van der Waals surface area (Å²) >= 11 is 0. The molecule has 1 rings (SSSR count). The molecule has 2 atom stereocenters. The third-order valence-electron chi connectivity index (χ3n) is 1.48. The minimum Gasteiger partial charge on any atom is -0.505 e. The average Bonchev–Trinajstić information content (AvgIpc) is 2.32. The third kappa shape index (κ3) is 1.21. The Labute approximate surface area is 67.3 Å². The molecular formula is C6H8O6. The van der Waals surface area contributed by atoms with Crippen molar-refractivity contribution in [3.05, 3.63) is 11.5 Å². The van der Waals surface area contributed by atoms with E-state index in [1.54, 1.807) is 0 Å². The number of hydrogen-bond donors (Lipinski definition) is 4. The molecule has 12 heavy (non-hydrogen) atoms. The summed E-state index contributed by atoms with van der Waals surface area (Å²) in [7, 11) is 0. The maximum atomic E-state index is 10.5. The quantitative estimate of drug-likeness (QED) is 0.309. The van der Waals surface area contributed by atoms with E-state index in [1.165, 1.54) is 0 Å². The number of rotatable bonds is 2. The minimum absolute atomic E-state index is 0.671. The highest BCUT2D eigenvalue weighted by molar-refractivity contribution is 5.89. The fraction of sp³-hybridized carbons (Fsp3) is 0.500. The van der Waals surface area contributed by atoms with Crippen molar-refractivity contribution in [1.82, 2.24) is 0 Å². The van der Waals surface area contributed by atoms with Crippen LogP contribution in [-0.2, 0) is 9.53 Å². The number of esters is 1. The molecule has 1 heterocycles. The van der Waals surface area contributed by atoms with Crippen molar-refractivity contribution >= 4 is 5.97 Å². The average molecular weight is 182 g/mol. The van der Waals surface area contributed by atoms with Crippen LogP contribution in [0.1, 0.15) is 0 Å². The van der Waals surface area contributed by atoms with Crippen molar-refractivity contribution in [1.29, 1.82) is 0 Å². The summed E-state index contributed by atoms with van der Waals surface area (Å²) in [5.41, 5.74) is 0. The number of carbonyl (C=O) groups excluding carboxylic acids is 1. The summed E-state index contributed by atoms with van der Waals surface area (Å²) in [5, 5.41) is 35.0. The zero-order valence-corrected chi connectivity index (χ0v) is 5.97. The Morgan fingerprint density at radius 2 is 2.08 bits per heavy atom. The molecule has 0 amide bonds. The van der Waals surface area contributed by atoms with Crippen molar-refractivity contribution in [2.75, 3.05) is 6.61 Å². The van der Waals surface area contributed by atoms with Gasteiger partial charge in [0.25, 0.3) is 0 Å². The van der Waals surface area contributed by atoms with Gasteiger partial charge in [-0.15, -0.1) is 0 Å². The third-order valence-corrected chi connectivity index (χ3v) is 1.48. The fourth-order valence-electron chi connectivity index (χ4n) is 0.823. The zero-order valence-electron chi connectivity index (χ0n) is 5.97. The fourth-order valence-corrected chi connectivity index (χ4v) is 0.823. The minimum atomic E-state index is -1.42. The molecule has 1 unspecified atom stereocenters. The van der Waals surface area contributed by atoms with E-state index < -0.39 is 36.3 Å². The monoisotopic (exact) mass is 182 g/mol.